The van der Waals surface area contributed by atoms with Gasteiger partial charge < -0.3 is 5.32 Å². The number of hydrogen-bond acceptors (Lipinski definition) is 4. The first-order chi connectivity index (χ1) is 16.7. The Morgan fingerprint density at radius 2 is 1.74 bits per heavy atom. The fourth-order valence-electron chi connectivity index (χ4n) is 3.58. The minimum atomic E-state index is -4.98. The number of halogens is 4. The molecule has 4 aromatic rings. The number of amides is 1. The highest BCUT2D eigenvalue weighted by Crippen LogP contribution is 2.37. The molecule has 176 valence electrons. The van der Waals surface area contributed by atoms with Crippen molar-refractivity contribution < 1.29 is 22.4 Å². The molecule has 1 heterocycles. The maximum Gasteiger partial charge on any atom is 0.436 e. The van der Waals surface area contributed by atoms with Gasteiger partial charge in [0, 0.05) is 21.7 Å². The van der Waals surface area contributed by atoms with Gasteiger partial charge in [0.25, 0.3) is 5.91 Å². The van der Waals surface area contributed by atoms with Gasteiger partial charge in [0.05, 0.1) is 11.3 Å². The van der Waals surface area contributed by atoms with Gasteiger partial charge in [-0.3, -0.25) is 4.79 Å². The number of hydrogen-bond donors (Lipinski definition) is 1. The molecule has 0 aliphatic rings. The number of rotatable bonds is 5. The zero-order valence-corrected chi connectivity index (χ0v) is 18.9. The predicted molar refractivity (Wildman–Crippen MR) is 125 cm³/mol. The Bertz CT molecular complexity index is 1440. The zero-order chi connectivity index (χ0) is 25.2. The summed E-state index contributed by atoms with van der Waals surface area (Å²) in [6.45, 7) is 0. The number of nitrogens with one attached hydrogen (secondary N) is 1. The minimum absolute atomic E-state index is 0.151. The predicted octanol–water partition coefficient (Wildman–Crippen LogP) is 6.68. The van der Waals surface area contributed by atoms with E-state index in [1.165, 1.54) is 42.1 Å². The quantitative estimate of drug-likeness (QED) is 0.247. The van der Waals surface area contributed by atoms with Crippen LogP contribution in [0.1, 0.15) is 16.1 Å². The van der Waals surface area contributed by atoms with Crippen molar-refractivity contribution in [1.29, 1.82) is 5.26 Å². The molecule has 0 unspecified atom stereocenters. The summed E-state index contributed by atoms with van der Waals surface area (Å²) < 4.78 is 56.4. The molecule has 0 atom stereocenters. The molecule has 0 aliphatic heterocycles. The third-order valence-corrected chi connectivity index (χ3v) is 5.86. The van der Waals surface area contributed by atoms with E-state index >= 15 is 0 Å². The lowest BCUT2D eigenvalue weighted by molar-refractivity contribution is -0.141. The molecule has 0 bridgehead atoms. The van der Waals surface area contributed by atoms with Gasteiger partial charge in [-0.05, 0) is 36.1 Å². The number of aromatic nitrogens is 2. The van der Waals surface area contributed by atoms with Crippen molar-refractivity contribution in [3.05, 3.63) is 89.9 Å². The van der Waals surface area contributed by atoms with Crippen molar-refractivity contribution >= 4 is 23.4 Å². The summed E-state index contributed by atoms with van der Waals surface area (Å²) in [6.07, 6.45) is -1.59. The van der Waals surface area contributed by atoms with Crippen molar-refractivity contribution in [2.45, 2.75) is 11.1 Å². The Morgan fingerprint density at radius 1 is 1.03 bits per heavy atom. The van der Waals surface area contributed by atoms with Crippen LogP contribution in [0, 0.1) is 17.3 Å². The summed E-state index contributed by atoms with van der Waals surface area (Å²) in [5.41, 5.74) is -1.48. The molecule has 1 amide bonds. The summed E-state index contributed by atoms with van der Waals surface area (Å²) >= 11 is 1.38. The van der Waals surface area contributed by atoms with Crippen LogP contribution in [0.25, 0.3) is 22.4 Å². The lowest BCUT2D eigenvalue weighted by Crippen LogP contribution is -2.18. The molecular formula is C25H16F4N4OS. The average Bonchev–Trinajstić information content (AvgIpc) is 3.25. The Morgan fingerprint density at radius 3 is 2.37 bits per heavy atom. The maximum absolute atomic E-state index is 14.6. The topological polar surface area (TPSA) is 70.7 Å². The Labute approximate surface area is 202 Å². The molecule has 0 saturated heterocycles. The molecule has 0 radical (unpaired) electrons. The fraction of sp³-hybridized carbons (Fsp3) is 0.0800. The van der Waals surface area contributed by atoms with Crippen LogP contribution in [0.2, 0.25) is 0 Å². The van der Waals surface area contributed by atoms with Crippen LogP contribution in [0.3, 0.4) is 0 Å². The lowest BCUT2D eigenvalue weighted by Gasteiger charge is -2.11. The highest BCUT2D eigenvalue weighted by molar-refractivity contribution is 7.98. The first-order valence-corrected chi connectivity index (χ1v) is 11.4. The van der Waals surface area contributed by atoms with E-state index in [2.05, 4.69) is 10.4 Å². The first kappa shape index (κ1) is 24.0. The normalized spacial score (nSPS) is 11.2. The minimum Gasteiger partial charge on any atom is -0.322 e. The lowest BCUT2D eigenvalue weighted by atomic mass is 10.0. The van der Waals surface area contributed by atoms with E-state index in [0.29, 0.717) is 10.2 Å². The van der Waals surface area contributed by atoms with E-state index < -0.39 is 29.2 Å². The first-order valence-electron chi connectivity index (χ1n) is 10.1. The smallest absolute Gasteiger partial charge is 0.322 e. The van der Waals surface area contributed by atoms with Gasteiger partial charge in [0.15, 0.2) is 5.69 Å². The molecule has 0 saturated carbocycles. The van der Waals surface area contributed by atoms with Crippen molar-refractivity contribution in [3.63, 3.8) is 0 Å². The van der Waals surface area contributed by atoms with Gasteiger partial charge in [-0.25, -0.2) is 4.39 Å². The van der Waals surface area contributed by atoms with E-state index in [4.69, 9.17) is 0 Å². The van der Waals surface area contributed by atoms with Gasteiger partial charge in [-0.15, -0.1) is 11.8 Å². The summed E-state index contributed by atoms with van der Waals surface area (Å²) in [5.74, 6) is -1.57. The summed E-state index contributed by atoms with van der Waals surface area (Å²) in [7, 11) is 0. The third-order valence-electron chi connectivity index (χ3n) is 5.13. The number of carbonyl (C=O) groups is 1. The van der Waals surface area contributed by atoms with Crippen LogP contribution < -0.4 is 5.32 Å². The molecule has 4 rings (SSSR count). The number of benzene rings is 3. The second kappa shape index (κ2) is 9.64. The van der Waals surface area contributed by atoms with E-state index in [1.807, 2.05) is 6.26 Å². The average molecular weight is 496 g/mol. The monoisotopic (exact) mass is 496 g/mol. The van der Waals surface area contributed by atoms with Crippen LogP contribution >= 0.6 is 11.8 Å². The van der Waals surface area contributed by atoms with Crippen molar-refractivity contribution in [2.75, 3.05) is 11.6 Å². The SMILES string of the molecule is CSc1ccc(-c2cccc(NC(=O)c3c(C(F)(F)F)nn(C#N)c3-c3ccccc3)c2)c(F)c1. The standard InChI is InChI=1S/C25H16F4N4OS/c1-35-18-10-11-19(20(26)13-18)16-8-5-9-17(12-16)31-24(34)21-22(15-6-3-2-4-7-15)33(14-30)32-23(21)25(27,28)29/h2-13H,1H3,(H,31,34). The Kier molecular flexibility index (Phi) is 6.62. The number of nitriles is 1. The van der Waals surface area contributed by atoms with Gasteiger partial charge in [0.1, 0.15) is 5.82 Å². The van der Waals surface area contributed by atoms with Crippen molar-refractivity contribution in [1.82, 2.24) is 9.78 Å². The molecule has 1 N–H and O–H groups in total. The number of carbonyl (C=O) groups excluding carboxylic acids is 1. The molecule has 0 aliphatic carbocycles. The van der Waals surface area contributed by atoms with Gasteiger partial charge in [-0.1, -0.05) is 48.5 Å². The number of anilines is 1. The van der Waals surface area contributed by atoms with Crippen LogP contribution in [0.4, 0.5) is 23.2 Å². The van der Waals surface area contributed by atoms with Crippen LogP contribution in [0.5, 0.6) is 0 Å². The van der Waals surface area contributed by atoms with Crippen molar-refractivity contribution in [2.24, 2.45) is 0 Å². The third kappa shape index (κ3) is 4.90. The van der Waals surface area contributed by atoms with Gasteiger partial charge in [-0.2, -0.15) is 28.2 Å². The molecule has 35 heavy (non-hydrogen) atoms. The second-order valence-electron chi connectivity index (χ2n) is 7.33. The molecule has 3 aromatic carbocycles. The summed E-state index contributed by atoms with van der Waals surface area (Å²) in [4.78, 5) is 13.9. The number of nitrogens with zero attached hydrogens (tertiary/aromatic N) is 3. The van der Waals surface area contributed by atoms with Crippen molar-refractivity contribution in [3.8, 4) is 28.6 Å². The van der Waals surface area contributed by atoms with E-state index in [0.717, 1.165) is 4.90 Å². The van der Waals surface area contributed by atoms with E-state index in [1.54, 1.807) is 48.7 Å². The van der Waals surface area contributed by atoms with E-state index in [9.17, 15) is 27.6 Å². The highest BCUT2D eigenvalue weighted by Gasteiger charge is 2.42. The van der Waals surface area contributed by atoms with Crippen LogP contribution in [-0.2, 0) is 6.18 Å². The molecule has 0 spiro atoms. The van der Waals surface area contributed by atoms with E-state index in [-0.39, 0.29) is 22.5 Å². The highest BCUT2D eigenvalue weighted by atomic mass is 32.2. The Balaban J connectivity index is 1.77. The molecule has 10 heteroatoms. The maximum atomic E-state index is 14.6. The van der Waals surface area contributed by atoms with Crippen LogP contribution in [0.15, 0.2) is 77.7 Å². The summed E-state index contributed by atoms with van der Waals surface area (Å²) in [6, 6.07) is 18.6. The second-order valence-corrected chi connectivity index (χ2v) is 8.21. The van der Waals surface area contributed by atoms with Crippen LogP contribution in [-0.4, -0.2) is 21.9 Å². The molecule has 0 fully saturated rings. The number of alkyl halides is 3. The summed E-state index contributed by atoms with van der Waals surface area (Å²) in [5, 5.41) is 15.2. The molecule has 5 nitrogen and oxygen atoms in total. The molecule has 1 aromatic heterocycles. The Hall–Kier alpha value is -4.10. The number of thioether (sulfide) groups is 1. The molecular weight excluding hydrogens is 480 g/mol. The van der Waals surface area contributed by atoms with Gasteiger partial charge >= 0.3 is 6.18 Å². The fourth-order valence-corrected chi connectivity index (χ4v) is 4.01. The van der Waals surface area contributed by atoms with Gasteiger partial charge in [0.2, 0.25) is 6.19 Å². The zero-order valence-electron chi connectivity index (χ0n) is 18.1. The largest absolute Gasteiger partial charge is 0.436 e.